The van der Waals surface area contributed by atoms with E-state index < -0.39 is 23.9 Å². The van der Waals surface area contributed by atoms with Crippen LogP contribution in [0.25, 0.3) is 0 Å². The lowest BCUT2D eigenvalue weighted by Gasteiger charge is -2.16. The lowest BCUT2D eigenvalue weighted by molar-refractivity contribution is -0.133. The average molecular weight is 471 g/mol. The van der Waals surface area contributed by atoms with Crippen LogP contribution in [0, 0.1) is 0 Å². The highest BCUT2D eigenvalue weighted by molar-refractivity contribution is 5.74. The molecule has 0 aliphatic rings. The summed E-state index contributed by atoms with van der Waals surface area (Å²) in [7, 11) is 0. The standard InChI is InChI=1S/C26H30O8/c1-7-21-23(31-15(3)27)11-19(12-24(21)32-16(4)28)9-10-20-13-25(33-17(5)29)22(8-2)26(14-20)34-18(6)30/h11-14H,7-10H2,1-6H3. The second kappa shape index (κ2) is 12.0. The van der Waals surface area contributed by atoms with Crippen molar-refractivity contribution in [1.29, 1.82) is 0 Å². The van der Waals surface area contributed by atoms with Crippen LogP contribution in [0.2, 0.25) is 0 Å². The molecule has 0 amide bonds. The molecule has 0 unspecified atom stereocenters. The Morgan fingerprint density at radius 1 is 0.529 bits per heavy atom. The van der Waals surface area contributed by atoms with Gasteiger partial charge in [0.05, 0.1) is 0 Å². The van der Waals surface area contributed by atoms with Gasteiger partial charge in [-0.2, -0.15) is 0 Å². The van der Waals surface area contributed by atoms with Crippen LogP contribution >= 0.6 is 0 Å². The number of benzene rings is 2. The monoisotopic (exact) mass is 470 g/mol. The highest BCUT2D eigenvalue weighted by atomic mass is 16.6. The molecular formula is C26H30O8. The minimum absolute atomic E-state index is 0.339. The number of rotatable bonds is 9. The van der Waals surface area contributed by atoms with Crippen molar-refractivity contribution in [2.24, 2.45) is 0 Å². The number of ether oxygens (including phenoxy) is 4. The molecule has 2 aromatic carbocycles. The quantitative estimate of drug-likeness (QED) is 0.395. The first-order valence-electron chi connectivity index (χ1n) is 11.1. The van der Waals surface area contributed by atoms with Gasteiger partial charge in [-0.1, -0.05) is 13.8 Å². The summed E-state index contributed by atoms with van der Waals surface area (Å²) < 4.78 is 21.4. The number of carbonyl (C=O) groups is 4. The molecular weight excluding hydrogens is 440 g/mol. The zero-order valence-corrected chi connectivity index (χ0v) is 20.4. The largest absolute Gasteiger partial charge is 0.426 e. The van der Waals surface area contributed by atoms with Crippen molar-refractivity contribution in [2.45, 2.75) is 67.2 Å². The first-order valence-corrected chi connectivity index (χ1v) is 11.1. The van der Waals surface area contributed by atoms with Crippen LogP contribution in [0.1, 0.15) is 63.8 Å². The molecule has 0 N–H and O–H groups in total. The maximum Gasteiger partial charge on any atom is 0.308 e. The second-order valence-electron chi connectivity index (χ2n) is 7.72. The maximum atomic E-state index is 11.6. The minimum atomic E-state index is -0.479. The molecule has 0 aliphatic heterocycles. The van der Waals surface area contributed by atoms with E-state index in [0.717, 1.165) is 11.1 Å². The van der Waals surface area contributed by atoms with Crippen molar-refractivity contribution in [3.63, 3.8) is 0 Å². The molecule has 0 spiro atoms. The topological polar surface area (TPSA) is 105 Å². The van der Waals surface area contributed by atoms with Crippen LogP contribution in [0.4, 0.5) is 0 Å². The van der Waals surface area contributed by atoms with Gasteiger partial charge in [0.25, 0.3) is 0 Å². The molecule has 0 radical (unpaired) electrons. The Morgan fingerprint density at radius 2 is 0.765 bits per heavy atom. The fraction of sp³-hybridized carbons (Fsp3) is 0.385. The fourth-order valence-electron chi connectivity index (χ4n) is 3.61. The number of hydrogen-bond acceptors (Lipinski definition) is 8. The van der Waals surface area contributed by atoms with Crippen LogP contribution in [-0.2, 0) is 44.9 Å². The van der Waals surface area contributed by atoms with Crippen LogP contribution in [0.3, 0.4) is 0 Å². The number of carbonyl (C=O) groups excluding carboxylic acids is 4. The summed E-state index contributed by atoms with van der Waals surface area (Å²) >= 11 is 0. The van der Waals surface area contributed by atoms with Gasteiger partial charge in [0.15, 0.2) is 0 Å². The molecule has 182 valence electrons. The van der Waals surface area contributed by atoms with Gasteiger partial charge < -0.3 is 18.9 Å². The molecule has 0 heterocycles. The van der Waals surface area contributed by atoms with Gasteiger partial charge in [-0.15, -0.1) is 0 Å². The third kappa shape index (κ3) is 7.43. The van der Waals surface area contributed by atoms with E-state index in [-0.39, 0.29) is 0 Å². The number of hydrogen-bond donors (Lipinski definition) is 0. The maximum absolute atomic E-state index is 11.6. The molecule has 0 aromatic heterocycles. The van der Waals surface area contributed by atoms with E-state index in [4.69, 9.17) is 18.9 Å². The molecule has 2 rings (SSSR count). The van der Waals surface area contributed by atoms with Gasteiger partial charge in [0.2, 0.25) is 0 Å². The normalized spacial score (nSPS) is 10.4. The Kier molecular flexibility index (Phi) is 9.36. The third-order valence-electron chi connectivity index (χ3n) is 4.88. The highest BCUT2D eigenvalue weighted by Crippen LogP contribution is 2.34. The van der Waals surface area contributed by atoms with Crippen LogP contribution in [0.15, 0.2) is 24.3 Å². The van der Waals surface area contributed by atoms with Gasteiger partial charge in [-0.25, -0.2) is 0 Å². The lowest BCUT2D eigenvalue weighted by Crippen LogP contribution is -2.10. The Morgan fingerprint density at radius 3 is 0.941 bits per heavy atom. The zero-order chi connectivity index (χ0) is 25.4. The van der Waals surface area contributed by atoms with Crippen molar-refractivity contribution in [2.75, 3.05) is 0 Å². The van der Waals surface area contributed by atoms with Crippen molar-refractivity contribution in [1.82, 2.24) is 0 Å². The smallest absolute Gasteiger partial charge is 0.308 e. The van der Waals surface area contributed by atoms with Crippen molar-refractivity contribution >= 4 is 23.9 Å². The molecule has 0 saturated heterocycles. The van der Waals surface area contributed by atoms with Crippen molar-refractivity contribution < 1.29 is 38.1 Å². The molecule has 0 fully saturated rings. The van der Waals surface area contributed by atoms with Gasteiger partial charge >= 0.3 is 23.9 Å². The van der Waals surface area contributed by atoms with E-state index in [9.17, 15) is 19.2 Å². The van der Waals surface area contributed by atoms with E-state index in [1.54, 1.807) is 24.3 Å². The molecule has 0 bridgehead atoms. The van der Waals surface area contributed by atoms with E-state index in [2.05, 4.69) is 0 Å². The van der Waals surface area contributed by atoms with Gasteiger partial charge in [0, 0.05) is 38.8 Å². The van der Waals surface area contributed by atoms with Gasteiger partial charge in [-0.3, -0.25) is 19.2 Å². The minimum Gasteiger partial charge on any atom is -0.426 e. The summed E-state index contributed by atoms with van der Waals surface area (Å²) in [6, 6.07) is 6.97. The number of aryl methyl sites for hydroxylation is 2. The Hall–Kier alpha value is -3.68. The van der Waals surface area contributed by atoms with E-state index in [1.165, 1.54) is 27.7 Å². The molecule has 8 heteroatoms. The molecule has 2 aromatic rings. The molecule has 34 heavy (non-hydrogen) atoms. The molecule has 0 aliphatic carbocycles. The first-order chi connectivity index (χ1) is 16.0. The van der Waals surface area contributed by atoms with Crippen LogP contribution in [-0.4, -0.2) is 23.9 Å². The van der Waals surface area contributed by atoms with Crippen LogP contribution in [0.5, 0.6) is 23.0 Å². The number of esters is 4. The zero-order valence-electron chi connectivity index (χ0n) is 20.4. The summed E-state index contributed by atoms with van der Waals surface area (Å²) in [5, 5.41) is 0. The van der Waals surface area contributed by atoms with E-state index >= 15 is 0 Å². The highest BCUT2D eigenvalue weighted by Gasteiger charge is 2.18. The molecule has 0 atom stereocenters. The van der Waals surface area contributed by atoms with Crippen molar-refractivity contribution in [3.05, 3.63) is 46.5 Å². The summed E-state index contributed by atoms with van der Waals surface area (Å²) in [6.45, 7) is 8.97. The average Bonchev–Trinajstić information content (AvgIpc) is 2.70. The summed E-state index contributed by atoms with van der Waals surface area (Å²) in [4.78, 5) is 46.4. The third-order valence-corrected chi connectivity index (χ3v) is 4.88. The SMILES string of the molecule is CCc1c(OC(C)=O)cc(CCc2cc(OC(C)=O)c(CC)c(OC(C)=O)c2)cc1OC(C)=O. The predicted molar refractivity (Wildman–Crippen MR) is 124 cm³/mol. The van der Waals surface area contributed by atoms with Crippen molar-refractivity contribution in [3.8, 4) is 23.0 Å². The Labute approximate surface area is 199 Å². The summed E-state index contributed by atoms with van der Waals surface area (Å²) in [5.41, 5.74) is 2.78. The fourth-order valence-corrected chi connectivity index (χ4v) is 3.61. The molecule has 0 saturated carbocycles. The van der Waals surface area contributed by atoms with Gasteiger partial charge in [0.1, 0.15) is 23.0 Å². The van der Waals surface area contributed by atoms with E-state index in [1.807, 2.05) is 13.8 Å². The van der Waals surface area contributed by atoms with Crippen LogP contribution < -0.4 is 18.9 Å². The van der Waals surface area contributed by atoms with Gasteiger partial charge in [-0.05, 0) is 61.1 Å². The Balaban J connectivity index is 2.45. The second-order valence-corrected chi connectivity index (χ2v) is 7.72. The Bertz CT molecular complexity index is 938. The molecule has 8 nitrogen and oxygen atoms in total. The summed E-state index contributed by atoms with van der Waals surface area (Å²) in [5.74, 6) is -0.559. The van der Waals surface area contributed by atoms with E-state index in [0.29, 0.717) is 59.8 Å². The summed E-state index contributed by atoms with van der Waals surface area (Å²) in [6.07, 6.45) is 1.97. The predicted octanol–water partition coefficient (Wildman–Crippen LogP) is 4.30. The lowest BCUT2D eigenvalue weighted by atomic mass is 9.98. The first kappa shape index (κ1) is 26.6.